The average Bonchev–Trinajstić information content (AvgIpc) is 1.86. The standard InChI is InChI=1S/C8H13NO/c1-6-4-9-3-2-7(6)8(10)5-9/h6-7H,2-5H2,1H3/t6-,7-/m1/s1. The minimum atomic E-state index is 0.407. The van der Waals surface area contributed by atoms with E-state index < -0.39 is 0 Å². The second-order valence-electron chi connectivity index (χ2n) is 3.57. The maximum Gasteiger partial charge on any atom is 0.150 e. The van der Waals surface area contributed by atoms with E-state index in [9.17, 15) is 4.79 Å². The van der Waals surface area contributed by atoms with E-state index in [0.29, 0.717) is 17.6 Å². The summed E-state index contributed by atoms with van der Waals surface area (Å²) in [6, 6.07) is 0. The molecule has 0 spiro atoms. The van der Waals surface area contributed by atoms with E-state index in [1.807, 2.05) is 0 Å². The van der Waals surface area contributed by atoms with Crippen molar-refractivity contribution in [2.75, 3.05) is 19.6 Å². The number of hydrogen-bond acceptors (Lipinski definition) is 2. The van der Waals surface area contributed by atoms with Crippen LogP contribution >= 0.6 is 0 Å². The normalized spacial score (nSPS) is 46.1. The molecule has 2 nitrogen and oxygen atoms in total. The lowest BCUT2D eigenvalue weighted by atomic mass is 9.79. The summed E-state index contributed by atoms with van der Waals surface area (Å²) in [6.07, 6.45) is 1.11. The summed E-state index contributed by atoms with van der Waals surface area (Å²) >= 11 is 0. The van der Waals surface area contributed by atoms with Crippen molar-refractivity contribution in [3.8, 4) is 0 Å². The Morgan fingerprint density at radius 3 is 2.80 bits per heavy atom. The van der Waals surface area contributed by atoms with E-state index in [2.05, 4.69) is 11.8 Å². The van der Waals surface area contributed by atoms with Gasteiger partial charge in [-0.1, -0.05) is 6.92 Å². The van der Waals surface area contributed by atoms with Crippen LogP contribution in [-0.2, 0) is 4.79 Å². The summed E-state index contributed by atoms with van der Waals surface area (Å²) in [4.78, 5) is 13.5. The van der Waals surface area contributed by atoms with Crippen LogP contribution in [0.2, 0.25) is 0 Å². The highest BCUT2D eigenvalue weighted by molar-refractivity contribution is 5.84. The number of carbonyl (C=O) groups excluding carboxylic acids is 1. The van der Waals surface area contributed by atoms with Gasteiger partial charge in [-0.05, 0) is 18.9 Å². The minimum Gasteiger partial charge on any atom is -0.298 e. The molecule has 0 aromatic rings. The van der Waals surface area contributed by atoms with Crippen LogP contribution in [0.25, 0.3) is 0 Å². The molecule has 3 rings (SSSR count). The van der Waals surface area contributed by atoms with E-state index in [-0.39, 0.29) is 0 Å². The Bertz CT molecular complexity index is 167. The highest BCUT2D eigenvalue weighted by Crippen LogP contribution is 2.28. The molecule has 0 aromatic carbocycles. The maximum atomic E-state index is 11.2. The number of hydrogen-bond donors (Lipinski definition) is 0. The Kier molecular flexibility index (Phi) is 1.31. The SMILES string of the molecule is C[C@@H]1CN2CC[C@H]1C(=O)C2. The molecule has 0 saturated carbocycles. The van der Waals surface area contributed by atoms with Gasteiger partial charge in [0.25, 0.3) is 0 Å². The Morgan fingerprint density at radius 1 is 1.60 bits per heavy atom. The van der Waals surface area contributed by atoms with Gasteiger partial charge in [0.05, 0.1) is 6.54 Å². The lowest BCUT2D eigenvalue weighted by Gasteiger charge is -2.42. The molecule has 56 valence electrons. The van der Waals surface area contributed by atoms with Crippen molar-refractivity contribution in [3.05, 3.63) is 0 Å². The number of Topliss-reactive ketones (excluding diaryl/α,β-unsaturated/α-hetero) is 1. The van der Waals surface area contributed by atoms with Crippen LogP contribution in [0.15, 0.2) is 0 Å². The van der Waals surface area contributed by atoms with Gasteiger partial charge in [-0.25, -0.2) is 0 Å². The summed E-state index contributed by atoms with van der Waals surface area (Å²) in [6.45, 7) is 5.22. The molecule has 2 heteroatoms. The molecule has 1 unspecified atom stereocenters. The molecular weight excluding hydrogens is 126 g/mol. The van der Waals surface area contributed by atoms with E-state index in [1.54, 1.807) is 0 Å². The van der Waals surface area contributed by atoms with Gasteiger partial charge in [0.15, 0.2) is 0 Å². The zero-order chi connectivity index (χ0) is 7.14. The molecule has 3 saturated heterocycles. The van der Waals surface area contributed by atoms with Gasteiger partial charge in [-0.2, -0.15) is 0 Å². The number of nitrogens with zero attached hydrogens (tertiary/aromatic N) is 1. The Labute approximate surface area is 61.2 Å². The van der Waals surface area contributed by atoms with Crippen LogP contribution in [0, 0.1) is 11.8 Å². The molecule has 2 bridgehead atoms. The zero-order valence-corrected chi connectivity index (χ0v) is 6.34. The number of rotatable bonds is 0. The fraction of sp³-hybridized carbons (Fsp3) is 0.875. The summed E-state index contributed by atoms with van der Waals surface area (Å²) in [5.74, 6) is 1.50. The van der Waals surface area contributed by atoms with Gasteiger partial charge < -0.3 is 0 Å². The zero-order valence-electron chi connectivity index (χ0n) is 6.34. The topological polar surface area (TPSA) is 20.3 Å². The van der Waals surface area contributed by atoms with Crippen molar-refractivity contribution < 1.29 is 4.79 Å². The summed E-state index contributed by atoms with van der Waals surface area (Å²) in [5, 5.41) is 0. The van der Waals surface area contributed by atoms with E-state index in [1.165, 1.54) is 0 Å². The first-order valence-electron chi connectivity index (χ1n) is 4.02. The number of fused-ring (bicyclic) bond motifs is 3. The van der Waals surface area contributed by atoms with E-state index in [4.69, 9.17) is 0 Å². The summed E-state index contributed by atoms with van der Waals surface area (Å²) in [7, 11) is 0. The van der Waals surface area contributed by atoms with Crippen LogP contribution < -0.4 is 0 Å². The molecular formula is C8H13NO. The molecule has 3 heterocycles. The molecule has 3 aliphatic rings. The lowest BCUT2D eigenvalue weighted by molar-refractivity contribution is -0.133. The number of ketones is 1. The molecule has 0 radical (unpaired) electrons. The smallest absolute Gasteiger partial charge is 0.150 e. The van der Waals surface area contributed by atoms with Crippen molar-refractivity contribution in [1.29, 1.82) is 0 Å². The molecule has 0 N–H and O–H groups in total. The monoisotopic (exact) mass is 139 g/mol. The van der Waals surface area contributed by atoms with Crippen LogP contribution in [0.4, 0.5) is 0 Å². The highest BCUT2D eigenvalue weighted by atomic mass is 16.1. The van der Waals surface area contributed by atoms with Crippen molar-refractivity contribution in [2.24, 2.45) is 11.8 Å². The van der Waals surface area contributed by atoms with Crippen molar-refractivity contribution >= 4 is 5.78 Å². The Morgan fingerprint density at radius 2 is 2.40 bits per heavy atom. The van der Waals surface area contributed by atoms with Crippen LogP contribution in [0.5, 0.6) is 0 Å². The van der Waals surface area contributed by atoms with Gasteiger partial charge in [-0.15, -0.1) is 0 Å². The van der Waals surface area contributed by atoms with Gasteiger partial charge in [0.2, 0.25) is 0 Å². The van der Waals surface area contributed by atoms with Crippen LogP contribution in [0.1, 0.15) is 13.3 Å². The fourth-order valence-corrected chi connectivity index (χ4v) is 2.19. The quantitative estimate of drug-likeness (QED) is 0.488. The second-order valence-corrected chi connectivity index (χ2v) is 3.57. The highest BCUT2D eigenvalue weighted by Gasteiger charge is 2.37. The second kappa shape index (κ2) is 2.06. The van der Waals surface area contributed by atoms with Crippen LogP contribution in [-0.4, -0.2) is 30.3 Å². The molecule has 3 aliphatic heterocycles. The van der Waals surface area contributed by atoms with Crippen molar-refractivity contribution in [1.82, 2.24) is 4.90 Å². The maximum absolute atomic E-state index is 11.2. The molecule has 10 heavy (non-hydrogen) atoms. The van der Waals surface area contributed by atoms with Gasteiger partial charge in [0, 0.05) is 12.5 Å². The first kappa shape index (κ1) is 6.35. The average molecular weight is 139 g/mol. The largest absolute Gasteiger partial charge is 0.298 e. The van der Waals surface area contributed by atoms with Crippen molar-refractivity contribution in [2.45, 2.75) is 13.3 Å². The summed E-state index contributed by atoms with van der Waals surface area (Å²) < 4.78 is 0. The Hall–Kier alpha value is -0.370. The predicted octanol–water partition coefficient (Wildman–Crippen LogP) is 0.527. The molecule has 0 amide bonds. The number of carbonyl (C=O) groups is 1. The molecule has 0 aliphatic carbocycles. The third-order valence-corrected chi connectivity index (χ3v) is 2.78. The number of piperidine rings is 3. The predicted molar refractivity (Wildman–Crippen MR) is 38.7 cm³/mol. The fourth-order valence-electron chi connectivity index (χ4n) is 2.19. The van der Waals surface area contributed by atoms with E-state index >= 15 is 0 Å². The van der Waals surface area contributed by atoms with E-state index in [0.717, 1.165) is 26.1 Å². The third kappa shape index (κ3) is 0.788. The van der Waals surface area contributed by atoms with Gasteiger partial charge in [-0.3, -0.25) is 9.69 Å². The minimum absolute atomic E-state index is 0.407. The molecule has 0 aromatic heterocycles. The summed E-state index contributed by atoms with van der Waals surface area (Å²) in [5.41, 5.74) is 0. The first-order valence-corrected chi connectivity index (χ1v) is 4.02. The first-order chi connectivity index (χ1) is 4.77. The van der Waals surface area contributed by atoms with Crippen molar-refractivity contribution in [3.63, 3.8) is 0 Å². The van der Waals surface area contributed by atoms with Crippen LogP contribution in [0.3, 0.4) is 0 Å². The Balaban J connectivity index is 2.18. The third-order valence-electron chi connectivity index (χ3n) is 2.78. The lowest BCUT2D eigenvalue weighted by Crippen LogP contribution is -2.52. The molecule has 3 atom stereocenters. The van der Waals surface area contributed by atoms with Gasteiger partial charge >= 0.3 is 0 Å². The van der Waals surface area contributed by atoms with Gasteiger partial charge in [0.1, 0.15) is 5.78 Å². The molecule has 3 fully saturated rings.